The molecular formula is CH13AuClO5. The van der Waals surface area contributed by atoms with Gasteiger partial charge in [-0.1, -0.05) is 0 Å². The fraction of sp³-hybridized carbons (Fsp3) is 1.00. The van der Waals surface area contributed by atoms with Crippen molar-refractivity contribution < 1.29 is 49.4 Å². The smallest absolute Gasteiger partial charge is 0.0319 e. The molecule has 1 radical (unpaired) electrons. The van der Waals surface area contributed by atoms with Gasteiger partial charge in [0.25, 0.3) is 0 Å². The molecule has 0 atom stereocenters. The van der Waals surface area contributed by atoms with Gasteiger partial charge in [-0.15, -0.1) is 12.4 Å². The summed E-state index contributed by atoms with van der Waals surface area (Å²) in [5, 5.41) is 7.00. The average molecular weight is 338 g/mol. The van der Waals surface area contributed by atoms with Crippen molar-refractivity contribution in [2.75, 3.05) is 7.11 Å². The van der Waals surface area contributed by atoms with Crippen molar-refractivity contribution in [3.05, 3.63) is 0 Å². The van der Waals surface area contributed by atoms with Crippen molar-refractivity contribution in [3.63, 3.8) is 0 Å². The van der Waals surface area contributed by atoms with Gasteiger partial charge >= 0.3 is 0 Å². The Balaban J connectivity index is -0.000000000333. The van der Waals surface area contributed by atoms with Crippen LogP contribution in [0.4, 0.5) is 0 Å². The van der Waals surface area contributed by atoms with Crippen molar-refractivity contribution in [2.24, 2.45) is 0 Å². The van der Waals surface area contributed by atoms with Crippen LogP contribution in [0.1, 0.15) is 0 Å². The van der Waals surface area contributed by atoms with Crippen LogP contribution < -0.4 is 0 Å². The number of rotatable bonds is 0. The topological polar surface area (TPSA) is 146 Å². The number of aliphatic hydroxyl groups excluding tert-OH is 1. The molecule has 0 heterocycles. The first kappa shape index (κ1) is 162. The van der Waals surface area contributed by atoms with Crippen LogP contribution in [-0.4, -0.2) is 34.1 Å². The Hall–Kier alpha value is 0.830. The van der Waals surface area contributed by atoms with Crippen LogP contribution >= 0.6 is 12.4 Å². The standard InChI is InChI=1S/CH4O.Au.ClH.4H2O/c1-2;;;;;;/h2H,1H3;;1H;4*1H2. The zero-order valence-electron chi connectivity index (χ0n) is 4.16. The number of aliphatic hydroxyl groups is 1. The molecule has 0 aliphatic carbocycles. The molecule has 0 amide bonds. The molecule has 0 unspecified atom stereocenters. The van der Waals surface area contributed by atoms with E-state index >= 15 is 0 Å². The van der Waals surface area contributed by atoms with Crippen LogP contribution in [0.3, 0.4) is 0 Å². The molecule has 8 heavy (non-hydrogen) atoms. The third kappa shape index (κ3) is 337. The van der Waals surface area contributed by atoms with E-state index in [4.69, 9.17) is 5.11 Å². The van der Waals surface area contributed by atoms with E-state index in [1.54, 1.807) is 0 Å². The first-order chi connectivity index (χ1) is 1.00. The van der Waals surface area contributed by atoms with Crippen LogP contribution in [0.5, 0.6) is 0 Å². The van der Waals surface area contributed by atoms with Gasteiger partial charge in [0.15, 0.2) is 0 Å². The molecule has 65 valence electrons. The molecule has 0 fully saturated rings. The first-order valence-corrected chi connectivity index (χ1v) is 0.447. The summed E-state index contributed by atoms with van der Waals surface area (Å²) in [6.07, 6.45) is 0. The van der Waals surface area contributed by atoms with Gasteiger partial charge in [-0.3, -0.25) is 0 Å². The summed E-state index contributed by atoms with van der Waals surface area (Å²) < 4.78 is 0. The molecular weight excluding hydrogens is 324 g/mol. The predicted octanol–water partition coefficient (Wildman–Crippen LogP) is -3.27. The molecule has 0 spiro atoms. The molecule has 0 aromatic carbocycles. The van der Waals surface area contributed by atoms with E-state index in [1.807, 2.05) is 0 Å². The molecule has 5 nitrogen and oxygen atoms in total. The molecule has 0 saturated carbocycles. The molecule has 9 N–H and O–H groups in total. The quantitative estimate of drug-likeness (QED) is 0.454. The summed E-state index contributed by atoms with van der Waals surface area (Å²) >= 11 is 0. The van der Waals surface area contributed by atoms with Gasteiger partial charge in [0, 0.05) is 29.5 Å². The van der Waals surface area contributed by atoms with E-state index in [9.17, 15) is 0 Å². The zero-order valence-corrected chi connectivity index (χ0v) is 7.14. The third-order valence-electron chi connectivity index (χ3n) is 0. The van der Waals surface area contributed by atoms with Gasteiger partial charge in [-0.2, -0.15) is 0 Å². The minimum absolute atomic E-state index is 0. The zero-order chi connectivity index (χ0) is 2.00. The maximum Gasteiger partial charge on any atom is 0.0319 e. The average Bonchev–Trinajstić information content (AvgIpc) is 1.00. The second kappa shape index (κ2) is 530. The Morgan fingerprint density at radius 1 is 0.750 bits per heavy atom. The molecule has 0 bridgehead atoms. The van der Waals surface area contributed by atoms with Gasteiger partial charge in [0.2, 0.25) is 0 Å². The van der Waals surface area contributed by atoms with Crippen molar-refractivity contribution in [3.8, 4) is 0 Å². The second-order valence-corrected chi connectivity index (χ2v) is 0. The maximum absolute atomic E-state index is 7.00. The monoisotopic (exact) mass is 337 g/mol. The van der Waals surface area contributed by atoms with E-state index < -0.39 is 0 Å². The van der Waals surface area contributed by atoms with Crippen LogP contribution in [0, 0.1) is 0 Å². The predicted molar refractivity (Wildman–Crippen MR) is 29.8 cm³/mol. The Morgan fingerprint density at radius 3 is 0.750 bits per heavy atom. The van der Waals surface area contributed by atoms with E-state index in [0.717, 1.165) is 7.11 Å². The van der Waals surface area contributed by atoms with Gasteiger partial charge in [0.1, 0.15) is 0 Å². The fourth-order valence-electron chi connectivity index (χ4n) is 0. The van der Waals surface area contributed by atoms with Crippen LogP contribution in [0.2, 0.25) is 0 Å². The number of hydrogen-bond donors (Lipinski definition) is 1. The van der Waals surface area contributed by atoms with Gasteiger partial charge < -0.3 is 27.0 Å². The third-order valence-corrected chi connectivity index (χ3v) is 0. The molecule has 0 aromatic heterocycles. The minimum Gasteiger partial charge on any atom is -0.412 e. The Bertz CT molecular complexity index is 12.4. The van der Waals surface area contributed by atoms with E-state index in [2.05, 4.69) is 0 Å². The summed E-state index contributed by atoms with van der Waals surface area (Å²) in [7, 11) is 1.00. The Morgan fingerprint density at radius 2 is 0.750 bits per heavy atom. The second-order valence-electron chi connectivity index (χ2n) is 0. The summed E-state index contributed by atoms with van der Waals surface area (Å²) in [6, 6.07) is 0. The van der Waals surface area contributed by atoms with Crippen LogP contribution in [0.15, 0.2) is 0 Å². The van der Waals surface area contributed by atoms with Gasteiger partial charge in [-0.05, 0) is 0 Å². The van der Waals surface area contributed by atoms with Crippen molar-refractivity contribution in [2.45, 2.75) is 0 Å². The summed E-state index contributed by atoms with van der Waals surface area (Å²) in [4.78, 5) is 0. The van der Waals surface area contributed by atoms with Crippen molar-refractivity contribution >= 4 is 12.4 Å². The number of halogens is 1. The summed E-state index contributed by atoms with van der Waals surface area (Å²) in [5.74, 6) is 0. The normalized spacial score (nSPS) is 0.750. The molecule has 0 aromatic rings. The molecule has 0 saturated heterocycles. The van der Waals surface area contributed by atoms with Crippen molar-refractivity contribution in [1.29, 1.82) is 0 Å². The molecule has 0 rings (SSSR count). The summed E-state index contributed by atoms with van der Waals surface area (Å²) in [6.45, 7) is 0. The first-order valence-electron chi connectivity index (χ1n) is 0.447. The van der Waals surface area contributed by atoms with Crippen LogP contribution in [0.25, 0.3) is 0 Å². The van der Waals surface area contributed by atoms with Gasteiger partial charge in [-0.25, -0.2) is 0 Å². The van der Waals surface area contributed by atoms with Crippen molar-refractivity contribution in [1.82, 2.24) is 0 Å². The van der Waals surface area contributed by atoms with Crippen LogP contribution in [-0.2, 0) is 22.4 Å². The number of hydrogen-bond acceptors (Lipinski definition) is 1. The van der Waals surface area contributed by atoms with Gasteiger partial charge in [0.05, 0.1) is 0 Å². The largest absolute Gasteiger partial charge is 0.412 e. The van der Waals surface area contributed by atoms with E-state index in [-0.39, 0.29) is 56.7 Å². The Labute approximate surface area is 69.2 Å². The molecule has 7 heteroatoms. The molecule has 0 aliphatic rings. The maximum atomic E-state index is 7.00. The van der Waals surface area contributed by atoms with E-state index in [0.29, 0.717) is 0 Å². The fourth-order valence-corrected chi connectivity index (χ4v) is 0. The summed E-state index contributed by atoms with van der Waals surface area (Å²) in [5.41, 5.74) is 0. The molecule has 0 aliphatic heterocycles. The SMILES string of the molecule is CO.Cl.O.O.O.O.[Au]. The van der Waals surface area contributed by atoms with E-state index in [1.165, 1.54) is 0 Å². The minimum atomic E-state index is 0. The Kier molecular flexibility index (Phi) is 10700.